The van der Waals surface area contributed by atoms with Gasteiger partial charge >= 0.3 is 6.36 Å². The summed E-state index contributed by atoms with van der Waals surface area (Å²) in [6, 6.07) is 8.33. The minimum absolute atomic E-state index is 0.0187. The number of hydrazine groups is 1. The van der Waals surface area contributed by atoms with Gasteiger partial charge in [-0.05, 0) is 48.2 Å². The third-order valence-electron chi connectivity index (χ3n) is 5.78. The third kappa shape index (κ3) is 5.72. The van der Waals surface area contributed by atoms with Gasteiger partial charge in [-0.15, -0.1) is 13.2 Å². The van der Waals surface area contributed by atoms with Gasteiger partial charge in [-0.1, -0.05) is 6.07 Å². The summed E-state index contributed by atoms with van der Waals surface area (Å²) in [4.78, 5) is 13.0. The minimum Gasteiger partial charge on any atom is -0.454 e. The van der Waals surface area contributed by atoms with Crippen molar-refractivity contribution < 1.29 is 36.9 Å². The summed E-state index contributed by atoms with van der Waals surface area (Å²) >= 11 is 0. The van der Waals surface area contributed by atoms with E-state index in [4.69, 9.17) is 25.8 Å². The van der Waals surface area contributed by atoms with Crippen LogP contribution in [-0.4, -0.2) is 32.8 Å². The van der Waals surface area contributed by atoms with Crippen LogP contribution >= 0.6 is 0 Å². The van der Waals surface area contributed by atoms with E-state index in [2.05, 4.69) is 10.1 Å². The summed E-state index contributed by atoms with van der Waals surface area (Å²) in [5.41, 5.74) is 7.78. The number of methoxy groups -OCH3 is 1. The maximum Gasteiger partial charge on any atom is 0.573 e. The molecule has 2 atom stereocenters. The van der Waals surface area contributed by atoms with Gasteiger partial charge in [-0.3, -0.25) is 9.80 Å². The van der Waals surface area contributed by atoms with E-state index >= 15 is 0 Å². The molecule has 1 aliphatic carbocycles. The predicted octanol–water partition coefficient (Wildman–Crippen LogP) is 2.86. The number of carbonyl (C=O) groups excluding carboxylic acids is 1. The number of alkyl halides is 3. The quantitative estimate of drug-likeness (QED) is 0.305. The summed E-state index contributed by atoms with van der Waals surface area (Å²) < 4.78 is 57.7. The van der Waals surface area contributed by atoms with Gasteiger partial charge < -0.3 is 30.0 Å². The zero-order valence-electron chi connectivity index (χ0n) is 18.8. The molecule has 12 heteroatoms. The lowest BCUT2D eigenvalue weighted by molar-refractivity contribution is -0.274. The third-order valence-corrected chi connectivity index (χ3v) is 5.78. The molecule has 2 unspecified atom stereocenters. The molecule has 5 N–H and O–H groups in total. The molecule has 1 amide bonds. The fourth-order valence-corrected chi connectivity index (χ4v) is 4.21. The van der Waals surface area contributed by atoms with Crippen molar-refractivity contribution in [1.82, 2.24) is 5.32 Å². The Balaban J connectivity index is 1.52. The monoisotopic (exact) mass is 494 g/mol. The summed E-state index contributed by atoms with van der Waals surface area (Å²) in [6.07, 6.45) is -2.18. The maximum absolute atomic E-state index is 13.0. The summed E-state index contributed by atoms with van der Waals surface area (Å²) in [5.74, 6) is 6.11. The van der Waals surface area contributed by atoms with Gasteiger partial charge in [-0.25, -0.2) is 5.84 Å². The number of fused-ring (bicyclic) bond motifs is 2. The molecule has 188 valence electrons. The molecule has 35 heavy (non-hydrogen) atoms. The molecule has 2 aromatic rings. The molecule has 2 aromatic carbocycles. The minimum atomic E-state index is -4.85. The topological polar surface area (TPSA) is 121 Å². The van der Waals surface area contributed by atoms with E-state index in [1.54, 1.807) is 7.11 Å². The first-order chi connectivity index (χ1) is 16.6. The lowest BCUT2D eigenvalue weighted by Crippen LogP contribution is -2.40. The van der Waals surface area contributed by atoms with Crippen molar-refractivity contribution in [3.63, 3.8) is 0 Å². The van der Waals surface area contributed by atoms with E-state index in [1.165, 1.54) is 12.1 Å². The van der Waals surface area contributed by atoms with Crippen molar-refractivity contribution in [1.29, 1.82) is 0 Å². The summed E-state index contributed by atoms with van der Waals surface area (Å²) in [6.45, 7) is 0.547. The standard InChI is InChI=1S/C23H25F3N4O5/c1-32-11-14-6-5-13-7-19-20(34-12-33-19)9-17(13)21(14)29-22(31)18(27)10-30(28)15-3-2-4-16(8-15)35-23(24,25)26/h2-4,7-10,14,21H,5-6,11-12,27-28H2,1H3,(H,29,31)/b18-10-. The van der Waals surface area contributed by atoms with E-state index in [-0.39, 0.29) is 24.1 Å². The number of amides is 1. The molecule has 0 bridgehead atoms. The Labute approximate surface area is 199 Å². The normalized spacial score (nSPS) is 19.2. The van der Waals surface area contributed by atoms with Gasteiger partial charge in [-0.2, -0.15) is 0 Å². The van der Waals surface area contributed by atoms with Crippen LogP contribution in [0.4, 0.5) is 18.9 Å². The fraction of sp³-hybridized carbons (Fsp3) is 0.348. The number of aryl methyl sites for hydroxylation is 1. The molecule has 0 fully saturated rings. The number of halogens is 3. The van der Waals surface area contributed by atoms with Crippen LogP contribution in [-0.2, 0) is 16.0 Å². The Morgan fingerprint density at radius 1 is 1.26 bits per heavy atom. The van der Waals surface area contributed by atoms with Crippen LogP contribution in [0.2, 0.25) is 0 Å². The number of ether oxygens (including phenoxy) is 4. The highest BCUT2D eigenvalue weighted by Crippen LogP contribution is 2.42. The zero-order valence-corrected chi connectivity index (χ0v) is 18.8. The molecule has 0 saturated heterocycles. The van der Waals surface area contributed by atoms with Gasteiger partial charge in [0.15, 0.2) is 11.5 Å². The Morgan fingerprint density at radius 3 is 2.71 bits per heavy atom. The highest BCUT2D eigenvalue weighted by molar-refractivity contribution is 5.93. The maximum atomic E-state index is 13.0. The number of nitrogens with one attached hydrogen (secondary N) is 1. The first-order valence-electron chi connectivity index (χ1n) is 10.7. The number of rotatable bonds is 7. The average molecular weight is 494 g/mol. The first kappa shape index (κ1) is 24.5. The van der Waals surface area contributed by atoms with Crippen LogP contribution in [0.5, 0.6) is 17.2 Å². The number of nitrogens with two attached hydrogens (primary N) is 2. The lowest BCUT2D eigenvalue weighted by Gasteiger charge is -2.34. The van der Waals surface area contributed by atoms with E-state index in [9.17, 15) is 18.0 Å². The second-order valence-corrected chi connectivity index (χ2v) is 8.15. The van der Waals surface area contributed by atoms with Crippen LogP contribution in [0, 0.1) is 5.92 Å². The van der Waals surface area contributed by atoms with Crippen molar-refractivity contribution in [3.05, 3.63) is 59.4 Å². The fourth-order valence-electron chi connectivity index (χ4n) is 4.21. The van der Waals surface area contributed by atoms with E-state index in [1.807, 2.05) is 12.1 Å². The van der Waals surface area contributed by atoms with Gasteiger partial charge in [0.05, 0.1) is 18.3 Å². The van der Waals surface area contributed by atoms with Gasteiger partial charge in [0.25, 0.3) is 5.91 Å². The molecule has 0 aromatic heterocycles. The highest BCUT2D eigenvalue weighted by atomic mass is 19.4. The number of hydrogen-bond acceptors (Lipinski definition) is 8. The molecule has 9 nitrogen and oxygen atoms in total. The van der Waals surface area contributed by atoms with Gasteiger partial charge in [0, 0.05) is 25.3 Å². The van der Waals surface area contributed by atoms with E-state index in [0.29, 0.717) is 18.1 Å². The molecular weight excluding hydrogens is 469 g/mol. The highest BCUT2D eigenvalue weighted by Gasteiger charge is 2.34. The van der Waals surface area contributed by atoms with E-state index in [0.717, 1.165) is 47.3 Å². The van der Waals surface area contributed by atoms with Crippen molar-refractivity contribution >= 4 is 11.6 Å². The first-order valence-corrected chi connectivity index (χ1v) is 10.7. The number of nitrogens with zero attached hydrogens (tertiary/aromatic N) is 1. The van der Waals surface area contributed by atoms with Crippen molar-refractivity contribution in [2.24, 2.45) is 17.5 Å². The Kier molecular flexibility index (Phi) is 6.94. The Bertz CT molecular complexity index is 1120. The SMILES string of the molecule is COCC1CCc2cc3c(cc2C1NC(=O)/C(N)=C/N(N)c1cccc(OC(F)(F)F)c1)OCO3. The number of benzene rings is 2. The molecule has 1 aliphatic heterocycles. The lowest BCUT2D eigenvalue weighted by atomic mass is 9.79. The number of anilines is 1. The van der Waals surface area contributed by atoms with Crippen molar-refractivity contribution in [3.8, 4) is 17.2 Å². The average Bonchev–Trinajstić information content (AvgIpc) is 3.25. The van der Waals surface area contributed by atoms with Crippen LogP contribution in [0.15, 0.2) is 48.3 Å². The molecule has 0 spiro atoms. The number of hydrogen-bond donors (Lipinski definition) is 3. The molecular formula is C23H25F3N4O5. The van der Waals surface area contributed by atoms with Crippen LogP contribution < -0.4 is 36.1 Å². The molecule has 0 saturated carbocycles. The molecule has 0 radical (unpaired) electrons. The summed E-state index contributed by atoms with van der Waals surface area (Å²) in [5, 5.41) is 3.88. The molecule has 4 rings (SSSR count). The van der Waals surface area contributed by atoms with Crippen molar-refractivity contribution in [2.45, 2.75) is 25.2 Å². The van der Waals surface area contributed by atoms with E-state index < -0.39 is 24.1 Å². The number of carbonyl (C=O) groups is 1. The smallest absolute Gasteiger partial charge is 0.454 e. The van der Waals surface area contributed by atoms with Crippen LogP contribution in [0.1, 0.15) is 23.6 Å². The summed E-state index contributed by atoms with van der Waals surface area (Å²) in [7, 11) is 1.59. The largest absolute Gasteiger partial charge is 0.573 e. The Hall–Kier alpha value is -3.64. The Morgan fingerprint density at radius 2 is 2.00 bits per heavy atom. The molecule has 1 heterocycles. The second-order valence-electron chi connectivity index (χ2n) is 8.15. The van der Waals surface area contributed by atoms with Crippen molar-refractivity contribution in [2.75, 3.05) is 25.5 Å². The molecule has 2 aliphatic rings. The van der Waals surface area contributed by atoms with Gasteiger partial charge in [0.1, 0.15) is 11.4 Å². The van der Waals surface area contributed by atoms with Gasteiger partial charge in [0.2, 0.25) is 6.79 Å². The van der Waals surface area contributed by atoms with Crippen LogP contribution in [0.3, 0.4) is 0 Å². The van der Waals surface area contributed by atoms with Crippen LogP contribution in [0.25, 0.3) is 0 Å². The predicted molar refractivity (Wildman–Crippen MR) is 119 cm³/mol. The zero-order chi connectivity index (χ0) is 25.2. The second kappa shape index (κ2) is 9.92.